The van der Waals surface area contributed by atoms with E-state index < -0.39 is 16.3 Å². The summed E-state index contributed by atoms with van der Waals surface area (Å²) in [6.07, 6.45) is 3.65. The minimum Gasteiger partial charge on any atom is -0.487 e. The molecule has 0 aromatic carbocycles. The van der Waals surface area contributed by atoms with Gasteiger partial charge in [0.2, 0.25) is 0 Å². The van der Waals surface area contributed by atoms with Crippen molar-refractivity contribution < 1.29 is 21.9 Å². The molecule has 0 aliphatic carbocycles. The van der Waals surface area contributed by atoms with E-state index in [4.69, 9.17) is 4.74 Å². The molecule has 0 saturated carbocycles. The van der Waals surface area contributed by atoms with Gasteiger partial charge in [0.1, 0.15) is 12.4 Å². The number of hydrogen-bond acceptors (Lipinski definition) is 6. The van der Waals surface area contributed by atoms with Gasteiger partial charge in [-0.25, -0.2) is 17.2 Å². The van der Waals surface area contributed by atoms with Crippen LogP contribution < -0.4 is 4.74 Å². The first-order valence-electron chi connectivity index (χ1n) is 7.39. The molecular formula is C16H14F2N4O3S. The van der Waals surface area contributed by atoms with Crippen molar-refractivity contribution >= 4 is 9.84 Å². The molecule has 0 aliphatic heterocycles. The maximum atomic E-state index is 12.9. The van der Waals surface area contributed by atoms with Gasteiger partial charge in [-0.05, 0) is 18.2 Å². The van der Waals surface area contributed by atoms with Crippen LogP contribution in [-0.2, 0) is 16.4 Å². The quantitative estimate of drug-likeness (QED) is 0.706. The SMILES string of the molecule is CS(=O)(=O)c1cncc(COc2ccc(-c3[nH]ncc3C(F)F)nc2)c1. The number of rotatable bonds is 6. The monoisotopic (exact) mass is 380 g/mol. The third kappa shape index (κ3) is 4.02. The summed E-state index contributed by atoms with van der Waals surface area (Å²) in [5.41, 5.74) is 0.808. The van der Waals surface area contributed by atoms with Crippen LogP contribution in [0.3, 0.4) is 0 Å². The molecule has 0 atom stereocenters. The highest BCUT2D eigenvalue weighted by Crippen LogP contribution is 2.28. The highest BCUT2D eigenvalue weighted by Gasteiger charge is 2.17. The van der Waals surface area contributed by atoms with E-state index in [1.807, 2.05) is 0 Å². The van der Waals surface area contributed by atoms with Gasteiger partial charge in [0.15, 0.2) is 9.84 Å². The summed E-state index contributed by atoms with van der Waals surface area (Å²) in [4.78, 5) is 8.08. The lowest BCUT2D eigenvalue weighted by atomic mass is 10.2. The smallest absolute Gasteiger partial charge is 0.267 e. The Hall–Kier alpha value is -2.88. The third-order valence-corrected chi connectivity index (χ3v) is 4.58. The van der Waals surface area contributed by atoms with Crippen LogP contribution in [-0.4, -0.2) is 34.8 Å². The van der Waals surface area contributed by atoms with E-state index in [0.717, 1.165) is 12.5 Å². The molecule has 0 saturated heterocycles. The molecule has 7 nitrogen and oxygen atoms in total. The third-order valence-electron chi connectivity index (χ3n) is 3.50. The lowest BCUT2D eigenvalue weighted by Gasteiger charge is -2.08. The fraction of sp³-hybridized carbons (Fsp3) is 0.188. The van der Waals surface area contributed by atoms with Gasteiger partial charge in [0.05, 0.1) is 34.2 Å². The Kier molecular flexibility index (Phi) is 4.94. The number of nitrogens with zero attached hydrogens (tertiary/aromatic N) is 3. The number of aromatic amines is 1. The van der Waals surface area contributed by atoms with E-state index in [0.29, 0.717) is 17.0 Å². The Labute approximate surface area is 148 Å². The highest BCUT2D eigenvalue weighted by atomic mass is 32.2. The van der Waals surface area contributed by atoms with Crippen LogP contribution in [0.5, 0.6) is 5.75 Å². The molecule has 0 radical (unpaired) electrons. The number of halogens is 2. The molecule has 3 rings (SSSR count). The Bertz CT molecular complexity index is 1000. The first-order valence-corrected chi connectivity index (χ1v) is 9.28. The molecule has 0 amide bonds. The van der Waals surface area contributed by atoms with Gasteiger partial charge in [-0.3, -0.25) is 15.1 Å². The molecule has 10 heteroatoms. The van der Waals surface area contributed by atoms with E-state index in [-0.39, 0.29) is 22.8 Å². The van der Waals surface area contributed by atoms with Crippen molar-refractivity contribution in [1.29, 1.82) is 0 Å². The predicted molar refractivity (Wildman–Crippen MR) is 88.5 cm³/mol. The fourth-order valence-electron chi connectivity index (χ4n) is 2.19. The van der Waals surface area contributed by atoms with Crippen LogP contribution in [0.15, 0.2) is 47.9 Å². The summed E-state index contributed by atoms with van der Waals surface area (Å²) >= 11 is 0. The van der Waals surface area contributed by atoms with Crippen LogP contribution >= 0.6 is 0 Å². The molecule has 3 heterocycles. The number of aromatic nitrogens is 4. The first kappa shape index (κ1) is 17.9. The Balaban J connectivity index is 1.71. The van der Waals surface area contributed by atoms with E-state index in [9.17, 15) is 17.2 Å². The van der Waals surface area contributed by atoms with Gasteiger partial charge >= 0.3 is 0 Å². The second-order valence-corrected chi connectivity index (χ2v) is 7.49. The average Bonchev–Trinajstić information content (AvgIpc) is 3.10. The minimum absolute atomic E-state index is 0.0870. The zero-order chi connectivity index (χ0) is 18.7. The number of hydrogen-bond donors (Lipinski definition) is 1. The van der Waals surface area contributed by atoms with Crippen LogP contribution in [0.1, 0.15) is 17.6 Å². The molecule has 0 spiro atoms. The Morgan fingerprint density at radius 1 is 1.19 bits per heavy atom. The van der Waals surface area contributed by atoms with Crippen LogP contribution in [0.4, 0.5) is 8.78 Å². The van der Waals surface area contributed by atoms with Gasteiger partial charge in [0.25, 0.3) is 6.43 Å². The zero-order valence-electron chi connectivity index (χ0n) is 13.6. The van der Waals surface area contributed by atoms with E-state index in [2.05, 4.69) is 20.2 Å². The fourth-order valence-corrected chi connectivity index (χ4v) is 2.81. The normalized spacial score (nSPS) is 11.7. The van der Waals surface area contributed by atoms with Crippen molar-refractivity contribution in [2.45, 2.75) is 17.9 Å². The van der Waals surface area contributed by atoms with Crippen LogP contribution in [0.2, 0.25) is 0 Å². The summed E-state index contributed by atoms with van der Waals surface area (Å²) in [5.74, 6) is 0.400. The van der Waals surface area contributed by atoms with Gasteiger partial charge in [-0.2, -0.15) is 5.10 Å². The number of alkyl halides is 2. The molecular weight excluding hydrogens is 366 g/mol. The van der Waals surface area contributed by atoms with E-state index >= 15 is 0 Å². The number of sulfone groups is 1. The molecule has 136 valence electrons. The summed E-state index contributed by atoms with van der Waals surface area (Å²) in [6, 6.07) is 4.58. The minimum atomic E-state index is -3.35. The predicted octanol–water partition coefficient (Wildman–Crippen LogP) is 2.79. The van der Waals surface area contributed by atoms with Crippen molar-refractivity contribution in [2.75, 3.05) is 6.26 Å². The summed E-state index contributed by atoms with van der Waals surface area (Å²) < 4.78 is 54.4. The number of ether oxygens (including phenoxy) is 1. The lowest BCUT2D eigenvalue weighted by molar-refractivity contribution is 0.152. The second kappa shape index (κ2) is 7.16. The van der Waals surface area contributed by atoms with Crippen LogP contribution in [0.25, 0.3) is 11.4 Å². The van der Waals surface area contributed by atoms with Crippen molar-refractivity contribution in [2.24, 2.45) is 0 Å². The van der Waals surface area contributed by atoms with Gasteiger partial charge in [-0.15, -0.1) is 0 Å². The standard InChI is InChI=1S/C16H14F2N4O3S/c1-26(23,24)12-4-10(5-19-7-12)9-25-11-2-3-14(20-6-11)15-13(16(17)18)8-21-22-15/h2-8,16H,9H2,1H3,(H,21,22). The molecule has 0 aliphatic rings. The molecule has 1 N–H and O–H groups in total. The van der Waals surface area contributed by atoms with Gasteiger partial charge in [0, 0.05) is 24.2 Å². The van der Waals surface area contributed by atoms with E-state index in [1.54, 1.807) is 6.07 Å². The lowest BCUT2D eigenvalue weighted by Crippen LogP contribution is -2.02. The molecule has 0 unspecified atom stereocenters. The van der Waals surface area contributed by atoms with Crippen molar-refractivity contribution in [3.8, 4) is 17.1 Å². The largest absolute Gasteiger partial charge is 0.487 e. The van der Waals surface area contributed by atoms with Crippen LogP contribution in [0, 0.1) is 0 Å². The van der Waals surface area contributed by atoms with Crippen molar-refractivity contribution in [3.63, 3.8) is 0 Å². The summed E-state index contributed by atoms with van der Waals surface area (Å²) in [5, 5.41) is 6.12. The zero-order valence-corrected chi connectivity index (χ0v) is 14.4. The second-order valence-electron chi connectivity index (χ2n) is 5.47. The maximum absolute atomic E-state index is 12.9. The van der Waals surface area contributed by atoms with Gasteiger partial charge < -0.3 is 4.74 Å². The topological polar surface area (TPSA) is 97.8 Å². The Morgan fingerprint density at radius 3 is 2.65 bits per heavy atom. The van der Waals surface area contributed by atoms with Crippen molar-refractivity contribution in [1.82, 2.24) is 20.2 Å². The molecule has 26 heavy (non-hydrogen) atoms. The molecule has 0 fully saturated rings. The maximum Gasteiger partial charge on any atom is 0.267 e. The van der Waals surface area contributed by atoms with Crippen molar-refractivity contribution in [3.05, 3.63) is 54.1 Å². The summed E-state index contributed by atoms with van der Waals surface area (Å²) in [7, 11) is -3.35. The van der Waals surface area contributed by atoms with E-state index in [1.165, 1.54) is 30.7 Å². The highest BCUT2D eigenvalue weighted by molar-refractivity contribution is 7.90. The number of pyridine rings is 2. The summed E-state index contributed by atoms with van der Waals surface area (Å²) in [6.45, 7) is 0.0870. The number of nitrogens with one attached hydrogen (secondary N) is 1. The Morgan fingerprint density at radius 2 is 2.00 bits per heavy atom. The molecule has 0 bridgehead atoms. The van der Waals surface area contributed by atoms with Gasteiger partial charge in [-0.1, -0.05) is 0 Å². The first-order chi connectivity index (χ1) is 12.3. The molecule has 3 aromatic rings. The molecule has 3 aromatic heterocycles. The average molecular weight is 380 g/mol. The number of H-pyrrole nitrogens is 1.